The first kappa shape index (κ1) is 14.3. The van der Waals surface area contributed by atoms with E-state index in [-0.39, 0.29) is 0 Å². The van der Waals surface area contributed by atoms with Crippen molar-refractivity contribution in [2.75, 3.05) is 25.6 Å². The van der Waals surface area contributed by atoms with Gasteiger partial charge in [-0.1, -0.05) is 12.1 Å². The van der Waals surface area contributed by atoms with Gasteiger partial charge < -0.3 is 14.8 Å². The Morgan fingerprint density at radius 1 is 1.15 bits per heavy atom. The third-order valence-corrected chi connectivity index (χ3v) is 2.75. The molecule has 1 aromatic carbocycles. The number of aromatic nitrogens is 2. The summed E-state index contributed by atoms with van der Waals surface area (Å²) in [4.78, 5) is 8.38. The van der Waals surface area contributed by atoms with E-state index in [9.17, 15) is 0 Å². The Labute approximate surface area is 119 Å². The zero-order valence-electron chi connectivity index (χ0n) is 11.8. The molecule has 0 bridgehead atoms. The van der Waals surface area contributed by atoms with E-state index in [1.807, 2.05) is 37.3 Å². The van der Waals surface area contributed by atoms with E-state index in [0.29, 0.717) is 25.7 Å². The number of nitrogens with one attached hydrogen (secondary N) is 1. The molecule has 2 rings (SSSR count). The highest BCUT2D eigenvalue weighted by molar-refractivity contribution is 5.27. The lowest BCUT2D eigenvalue weighted by Crippen LogP contribution is -2.11. The fraction of sp³-hybridized carbons (Fsp3) is 0.333. The van der Waals surface area contributed by atoms with Gasteiger partial charge in [-0.25, -0.2) is 9.97 Å². The molecule has 0 fully saturated rings. The van der Waals surface area contributed by atoms with E-state index >= 15 is 0 Å². The molecule has 20 heavy (non-hydrogen) atoms. The van der Waals surface area contributed by atoms with Crippen molar-refractivity contribution in [3.63, 3.8) is 0 Å². The molecule has 0 amide bonds. The van der Waals surface area contributed by atoms with Crippen molar-refractivity contribution in [1.82, 2.24) is 9.97 Å². The molecule has 0 spiro atoms. The van der Waals surface area contributed by atoms with Crippen LogP contribution in [-0.2, 0) is 11.3 Å². The summed E-state index contributed by atoms with van der Waals surface area (Å²) in [6, 6.07) is 9.71. The minimum atomic E-state index is 0.584. The van der Waals surface area contributed by atoms with Gasteiger partial charge in [0, 0.05) is 18.4 Å². The van der Waals surface area contributed by atoms with Crippen molar-refractivity contribution in [2.45, 2.75) is 13.5 Å². The summed E-state index contributed by atoms with van der Waals surface area (Å²) >= 11 is 0. The van der Waals surface area contributed by atoms with Gasteiger partial charge in [-0.05, 0) is 30.7 Å². The second kappa shape index (κ2) is 7.45. The van der Waals surface area contributed by atoms with Crippen LogP contribution in [0.25, 0.3) is 0 Å². The van der Waals surface area contributed by atoms with Gasteiger partial charge in [0.15, 0.2) is 0 Å². The molecule has 0 unspecified atom stereocenters. The Morgan fingerprint density at radius 3 is 2.65 bits per heavy atom. The second-order valence-electron chi connectivity index (χ2n) is 4.35. The first-order valence-electron chi connectivity index (χ1n) is 6.52. The number of aryl methyl sites for hydroxylation is 1. The molecule has 0 aliphatic heterocycles. The van der Waals surface area contributed by atoms with Crippen molar-refractivity contribution in [3.05, 3.63) is 47.8 Å². The van der Waals surface area contributed by atoms with Crippen LogP contribution in [0.2, 0.25) is 0 Å². The topological polar surface area (TPSA) is 56.3 Å². The summed E-state index contributed by atoms with van der Waals surface area (Å²) in [5.41, 5.74) is 2.07. The molecule has 1 N–H and O–H groups in total. The van der Waals surface area contributed by atoms with Gasteiger partial charge in [-0.15, -0.1) is 0 Å². The largest absolute Gasteiger partial charge is 0.497 e. The predicted octanol–water partition coefficient (Wildman–Crippen LogP) is 2.42. The van der Waals surface area contributed by atoms with Gasteiger partial charge in [-0.2, -0.15) is 0 Å². The molecule has 0 atom stereocenters. The standard InChI is InChI=1S/C15H19N3O2/c1-12-7-8-16-15(18-12)17-9-10-20-11-13-3-5-14(19-2)6-4-13/h3-8H,9-11H2,1-2H3,(H,16,17,18). The molecule has 5 nitrogen and oxygen atoms in total. The lowest BCUT2D eigenvalue weighted by atomic mass is 10.2. The van der Waals surface area contributed by atoms with E-state index in [2.05, 4.69) is 15.3 Å². The molecular weight excluding hydrogens is 254 g/mol. The van der Waals surface area contributed by atoms with Gasteiger partial charge in [0.05, 0.1) is 20.3 Å². The van der Waals surface area contributed by atoms with E-state index < -0.39 is 0 Å². The highest BCUT2D eigenvalue weighted by Gasteiger charge is 1.97. The van der Waals surface area contributed by atoms with Crippen LogP contribution in [0.5, 0.6) is 5.75 Å². The Kier molecular flexibility index (Phi) is 5.32. The smallest absolute Gasteiger partial charge is 0.222 e. The molecule has 5 heteroatoms. The highest BCUT2D eigenvalue weighted by Crippen LogP contribution is 2.11. The van der Waals surface area contributed by atoms with Crippen LogP contribution >= 0.6 is 0 Å². The average molecular weight is 273 g/mol. The molecule has 1 heterocycles. The number of rotatable bonds is 7. The van der Waals surface area contributed by atoms with E-state index in [1.165, 1.54) is 0 Å². The van der Waals surface area contributed by atoms with Crippen molar-refractivity contribution in [1.29, 1.82) is 0 Å². The molecular formula is C15H19N3O2. The molecule has 0 saturated heterocycles. The lowest BCUT2D eigenvalue weighted by Gasteiger charge is -2.07. The summed E-state index contributed by atoms with van der Waals surface area (Å²) in [5.74, 6) is 1.49. The van der Waals surface area contributed by atoms with Crippen LogP contribution in [0.4, 0.5) is 5.95 Å². The van der Waals surface area contributed by atoms with Crippen LogP contribution < -0.4 is 10.1 Å². The average Bonchev–Trinajstić information content (AvgIpc) is 2.48. The van der Waals surface area contributed by atoms with Crippen molar-refractivity contribution in [2.24, 2.45) is 0 Å². The van der Waals surface area contributed by atoms with E-state index in [0.717, 1.165) is 17.0 Å². The number of ether oxygens (including phenoxy) is 2. The molecule has 0 aliphatic carbocycles. The Balaban J connectivity index is 1.66. The summed E-state index contributed by atoms with van der Waals surface area (Å²) in [6.07, 6.45) is 1.74. The monoisotopic (exact) mass is 273 g/mol. The maximum Gasteiger partial charge on any atom is 0.222 e. The summed E-state index contributed by atoms with van der Waals surface area (Å²) < 4.78 is 10.7. The SMILES string of the molecule is COc1ccc(COCCNc2nccc(C)n2)cc1. The van der Waals surface area contributed by atoms with Gasteiger partial charge in [0.25, 0.3) is 0 Å². The Morgan fingerprint density at radius 2 is 1.95 bits per heavy atom. The van der Waals surface area contributed by atoms with Gasteiger partial charge >= 0.3 is 0 Å². The summed E-state index contributed by atoms with van der Waals surface area (Å²) in [7, 11) is 1.66. The van der Waals surface area contributed by atoms with Crippen molar-refractivity contribution in [3.8, 4) is 5.75 Å². The number of hydrogen-bond donors (Lipinski definition) is 1. The van der Waals surface area contributed by atoms with E-state index in [1.54, 1.807) is 13.3 Å². The van der Waals surface area contributed by atoms with Gasteiger partial charge in [0.1, 0.15) is 5.75 Å². The normalized spacial score (nSPS) is 10.3. The fourth-order valence-corrected chi connectivity index (χ4v) is 1.68. The van der Waals surface area contributed by atoms with Crippen LogP contribution in [0.3, 0.4) is 0 Å². The van der Waals surface area contributed by atoms with Gasteiger partial charge in [0.2, 0.25) is 5.95 Å². The Bertz CT molecular complexity index is 529. The van der Waals surface area contributed by atoms with Crippen LogP contribution in [0, 0.1) is 6.92 Å². The third kappa shape index (κ3) is 4.51. The minimum Gasteiger partial charge on any atom is -0.497 e. The predicted molar refractivity (Wildman–Crippen MR) is 77.9 cm³/mol. The first-order chi connectivity index (χ1) is 9.78. The zero-order chi connectivity index (χ0) is 14.2. The molecule has 106 valence electrons. The molecule has 0 saturated carbocycles. The maximum atomic E-state index is 5.59. The molecule has 1 aromatic heterocycles. The second-order valence-corrected chi connectivity index (χ2v) is 4.35. The van der Waals surface area contributed by atoms with Crippen LogP contribution in [-0.4, -0.2) is 30.2 Å². The Hall–Kier alpha value is -2.14. The number of nitrogens with zero attached hydrogens (tertiary/aromatic N) is 2. The zero-order valence-corrected chi connectivity index (χ0v) is 11.8. The number of methoxy groups -OCH3 is 1. The number of benzene rings is 1. The highest BCUT2D eigenvalue weighted by atomic mass is 16.5. The molecule has 2 aromatic rings. The van der Waals surface area contributed by atoms with Crippen LogP contribution in [0.1, 0.15) is 11.3 Å². The lowest BCUT2D eigenvalue weighted by molar-refractivity contribution is 0.130. The third-order valence-electron chi connectivity index (χ3n) is 2.75. The number of anilines is 1. The van der Waals surface area contributed by atoms with Crippen LogP contribution in [0.15, 0.2) is 36.5 Å². The summed E-state index contributed by atoms with van der Waals surface area (Å²) in [6.45, 7) is 3.80. The summed E-state index contributed by atoms with van der Waals surface area (Å²) in [5, 5.41) is 3.12. The van der Waals surface area contributed by atoms with E-state index in [4.69, 9.17) is 9.47 Å². The first-order valence-corrected chi connectivity index (χ1v) is 6.52. The minimum absolute atomic E-state index is 0.584. The van der Waals surface area contributed by atoms with Crippen molar-refractivity contribution < 1.29 is 9.47 Å². The van der Waals surface area contributed by atoms with Crippen molar-refractivity contribution >= 4 is 5.95 Å². The fourth-order valence-electron chi connectivity index (χ4n) is 1.68. The maximum absolute atomic E-state index is 5.59. The number of hydrogen-bond acceptors (Lipinski definition) is 5. The molecule has 0 aliphatic rings. The molecule has 0 radical (unpaired) electrons. The van der Waals surface area contributed by atoms with Gasteiger partial charge in [-0.3, -0.25) is 0 Å². The quantitative estimate of drug-likeness (QED) is 0.785.